The molecule has 0 saturated heterocycles. The summed E-state index contributed by atoms with van der Waals surface area (Å²) in [5.74, 6) is 0.803. The minimum Gasteiger partial charge on any atom is -0.489 e. The van der Waals surface area contributed by atoms with Gasteiger partial charge in [-0.25, -0.2) is 8.78 Å². The van der Waals surface area contributed by atoms with Crippen LogP contribution in [-0.2, 0) is 13.0 Å². The summed E-state index contributed by atoms with van der Waals surface area (Å²) >= 11 is 0. The van der Waals surface area contributed by atoms with E-state index in [1.165, 1.54) is 6.08 Å². The smallest absolute Gasteiger partial charge is 0.264 e. The summed E-state index contributed by atoms with van der Waals surface area (Å²) < 4.78 is 29.4. The molecule has 1 radical (unpaired) electrons. The van der Waals surface area contributed by atoms with Crippen LogP contribution in [-0.4, -0.2) is 6.43 Å². The molecule has 2 rings (SSSR count). The van der Waals surface area contributed by atoms with Gasteiger partial charge in [-0.15, -0.1) is 0 Å². The maximum absolute atomic E-state index is 11.9. The number of aryl methyl sites for hydroxylation is 1. The minimum atomic E-state index is -2.49. The summed E-state index contributed by atoms with van der Waals surface area (Å²) in [5.41, 5.74) is 2.21. The molecule has 3 heteroatoms. The topological polar surface area (TPSA) is 9.23 Å². The molecule has 21 heavy (non-hydrogen) atoms. The number of hydrogen-bond donors (Lipinski definition) is 0. The fraction of sp³-hybridized carbons (Fsp3) is 0.222. The lowest BCUT2D eigenvalue weighted by atomic mass is 10.1. The Bertz CT molecular complexity index is 547. The van der Waals surface area contributed by atoms with Gasteiger partial charge in [-0.1, -0.05) is 48.5 Å². The molecule has 0 unspecified atom stereocenters. The average Bonchev–Trinajstić information content (AvgIpc) is 2.51. The predicted molar refractivity (Wildman–Crippen MR) is 79.4 cm³/mol. The Morgan fingerprint density at radius 2 is 1.67 bits per heavy atom. The fourth-order valence-corrected chi connectivity index (χ4v) is 1.90. The molecule has 0 aliphatic heterocycles. The quantitative estimate of drug-likeness (QED) is 0.709. The Morgan fingerprint density at radius 3 is 2.33 bits per heavy atom. The second kappa shape index (κ2) is 8.20. The third-order valence-corrected chi connectivity index (χ3v) is 2.99. The van der Waals surface area contributed by atoms with Crippen LogP contribution in [0, 0.1) is 6.08 Å². The normalized spacial score (nSPS) is 11.2. The lowest BCUT2D eigenvalue weighted by Crippen LogP contribution is -1.95. The summed E-state index contributed by atoms with van der Waals surface area (Å²) in [6.07, 6.45) is 2.17. The van der Waals surface area contributed by atoms with E-state index in [1.54, 1.807) is 0 Å². The molecule has 109 valence electrons. The molecule has 0 saturated carbocycles. The third kappa shape index (κ3) is 5.78. The van der Waals surface area contributed by atoms with Gasteiger partial charge in [0.25, 0.3) is 6.43 Å². The zero-order chi connectivity index (χ0) is 14.9. The highest BCUT2D eigenvalue weighted by atomic mass is 19.3. The van der Waals surface area contributed by atoms with E-state index in [9.17, 15) is 8.78 Å². The zero-order valence-corrected chi connectivity index (χ0v) is 11.6. The van der Waals surface area contributed by atoms with Crippen molar-refractivity contribution in [2.75, 3.05) is 0 Å². The molecule has 0 atom stereocenters. The van der Waals surface area contributed by atoms with Crippen LogP contribution >= 0.6 is 0 Å². The van der Waals surface area contributed by atoms with Crippen molar-refractivity contribution in [3.63, 3.8) is 0 Å². The van der Waals surface area contributed by atoms with E-state index in [4.69, 9.17) is 4.74 Å². The zero-order valence-electron chi connectivity index (χ0n) is 11.6. The van der Waals surface area contributed by atoms with Gasteiger partial charge in [0.2, 0.25) is 0 Å². The number of rotatable bonds is 7. The molecular weight excluding hydrogens is 270 g/mol. The van der Waals surface area contributed by atoms with Gasteiger partial charge in [0.1, 0.15) is 12.4 Å². The highest BCUT2D eigenvalue weighted by molar-refractivity contribution is 5.28. The van der Waals surface area contributed by atoms with Crippen LogP contribution in [0.15, 0.2) is 60.7 Å². The van der Waals surface area contributed by atoms with Crippen LogP contribution < -0.4 is 4.74 Å². The monoisotopic (exact) mass is 287 g/mol. The van der Waals surface area contributed by atoms with Crippen LogP contribution in [0.3, 0.4) is 0 Å². The summed E-state index contributed by atoms with van der Waals surface area (Å²) in [7, 11) is 0. The van der Waals surface area contributed by atoms with Gasteiger partial charge in [0, 0.05) is 6.08 Å². The molecule has 0 spiro atoms. The average molecular weight is 287 g/mol. The molecule has 0 heterocycles. The molecule has 2 aromatic rings. The second-order valence-corrected chi connectivity index (χ2v) is 4.63. The predicted octanol–water partition coefficient (Wildman–Crippen LogP) is 4.82. The Labute approximate surface area is 123 Å². The van der Waals surface area contributed by atoms with Crippen molar-refractivity contribution < 1.29 is 13.5 Å². The molecule has 0 N–H and O–H groups in total. The minimum absolute atomic E-state index is 0.534. The van der Waals surface area contributed by atoms with E-state index < -0.39 is 6.43 Å². The van der Waals surface area contributed by atoms with Crippen molar-refractivity contribution >= 4 is 0 Å². The molecule has 2 aromatic carbocycles. The van der Waals surface area contributed by atoms with Crippen molar-refractivity contribution in [3.05, 3.63) is 77.9 Å². The van der Waals surface area contributed by atoms with E-state index in [0.29, 0.717) is 13.0 Å². The number of halogens is 2. The molecule has 0 bridgehead atoms. The van der Waals surface area contributed by atoms with Crippen molar-refractivity contribution in [2.45, 2.75) is 25.9 Å². The highest BCUT2D eigenvalue weighted by Gasteiger charge is 1.98. The Morgan fingerprint density at radius 1 is 0.952 bits per heavy atom. The highest BCUT2D eigenvalue weighted by Crippen LogP contribution is 2.15. The summed E-state index contributed by atoms with van der Waals surface area (Å²) in [6.45, 7) is 0.534. The number of alkyl halides is 2. The van der Waals surface area contributed by atoms with Gasteiger partial charge in [0.05, 0.1) is 0 Å². The van der Waals surface area contributed by atoms with Gasteiger partial charge < -0.3 is 4.74 Å². The molecule has 0 aromatic heterocycles. The number of allylic oxidation sites excluding steroid dienone is 2. The van der Waals surface area contributed by atoms with E-state index >= 15 is 0 Å². The van der Waals surface area contributed by atoms with Crippen molar-refractivity contribution in [1.29, 1.82) is 0 Å². The standard InChI is InChI=1S/C18H17F2O/c19-18(20)9-5-4-6-15-10-12-17(13-11-15)21-14-16-7-2-1-3-8-16/h1-3,5,7-8,10-13,18H,4,6,14H2. The summed E-state index contributed by atoms with van der Waals surface area (Å²) in [4.78, 5) is 0. The molecule has 0 aliphatic carbocycles. The molecule has 0 fully saturated rings. The first-order chi connectivity index (χ1) is 10.2. The first-order valence-electron chi connectivity index (χ1n) is 6.85. The van der Waals surface area contributed by atoms with Crippen LogP contribution in [0.25, 0.3) is 0 Å². The van der Waals surface area contributed by atoms with Gasteiger partial charge in [-0.3, -0.25) is 0 Å². The Kier molecular flexibility index (Phi) is 5.95. The van der Waals surface area contributed by atoms with Gasteiger partial charge >= 0.3 is 0 Å². The maximum Gasteiger partial charge on any atom is 0.264 e. The second-order valence-electron chi connectivity index (χ2n) is 4.63. The van der Waals surface area contributed by atoms with Crippen molar-refractivity contribution in [3.8, 4) is 5.75 Å². The first kappa shape index (κ1) is 15.2. The lowest BCUT2D eigenvalue weighted by molar-refractivity contribution is 0.195. The molecular formula is C18H17F2O. The first-order valence-corrected chi connectivity index (χ1v) is 6.85. The van der Waals surface area contributed by atoms with Crippen molar-refractivity contribution in [2.24, 2.45) is 0 Å². The molecule has 0 amide bonds. The summed E-state index contributed by atoms with van der Waals surface area (Å²) in [5, 5.41) is 0. The van der Waals surface area contributed by atoms with Crippen LogP contribution in [0.1, 0.15) is 17.5 Å². The van der Waals surface area contributed by atoms with Crippen molar-refractivity contribution in [1.82, 2.24) is 0 Å². The number of ether oxygens (including phenoxy) is 1. The molecule has 0 aliphatic rings. The van der Waals surface area contributed by atoms with Crippen LogP contribution in [0.4, 0.5) is 8.78 Å². The van der Waals surface area contributed by atoms with E-state index in [-0.39, 0.29) is 0 Å². The summed E-state index contributed by atoms with van der Waals surface area (Å²) in [6, 6.07) is 17.7. The van der Waals surface area contributed by atoms with Gasteiger partial charge in [0.15, 0.2) is 0 Å². The third-order valence-electron chi connectivity index (χ3n) is 2.99. The van der Waals surface area contributed by atoms with Gasteiger partial charge in [-0.2, -0.15) is 0 Å². The largest absolute Gasteiger partial charge is 0.489 e. The maximum atomic E-state index is 11.9. The Balaban J connectivity index is 1.79. The fourth-order valence-electron chi connectivity index (χ4n) is 1.90. The van der Waals surface area contributed by atoms with Gasteiger partial charge in [-0.05, 0) is 36.1 Å². The SMILES string of the molecule is FC(F)/[C]=C\CCc1ccc(OCc2ccccc2)cc1. The van der Waals surface area contributed by atoms with Crippen LogP contribution in [0.2, 0.25) is 0 Å². The van der Waals surface area contributed by atoms with E-state index in [0.717, 1.165) is 23.3 Å². The van der Waals surface area contributed by atoms with E-state index in [2.05, 4.69) is 0 Å². The van der Waals surface area contributed by atoms with E-state index in [1.807, 2.05) is 60.7 Å². The van der Waals surface area contributed by atoms with Crippen LogP contribution in [0.5, 0.6) is 5.75 Å². The number of benzene rings is 2. The lowest BCUT2D eigenvalue weighted by Gasteiger charge is -2.07. The molecule has 1 nitrogen and oxygen atoms in total. The Hall–Kier alpha value is -2.16. The number of hydrogen-bond acceptors (Lipinski definition) is 1.